The average Bonchev–Trinajstić information content (AvgIpc) is 2.64. The Morgan fingerprint density at radius 1 is 1.38 bits per heavy atom. The molecule has 0 radical (unpaired) electrons. The number of hydrogen-bond acceptors (Lipinski definition) is 2. The zero-order valence-electron chi connectivity index (χ0n) is 9.11. The summed E-state index contributed by atoms with van der Waals surface area (Å²) in [4.78, 5) is 0. The lowest BCUT2D eigenvalue weighted by Crippen LogP contribution is -2.32. The Bertz CT molecular complexity index is 488. The molecular formula is C12H14N3O+. The summed E-state index contributed by atoms with van der Waals surface area (Å²) >= 11 is 0. The smallest absolute Gasteiger partial charge is 0.303 e. The van der Waals surface area contributed by atoms with Crippen LogP contribution < -0.4 is 4.57 Å². The van der Waals surface area contributed by atoms with E-state index >= 15 is 0 Å². The van der Waals surface area contributed by atoms with Gasteiger partial charge in [0.2, 0.25) is 0 Å². The lowest BCUT2D eigenvalue weighted by Gasteiger charge is -1.99. The van der Waals surface area contributed by atoms with Gasteiger partial charge >= 0.3 is 5.82 Å². The lowest BCUT2D eigenvalue weighted by molar-refractivity contribution is -0.671. The molecule has 0 aliphatic rings. The molecule has 0 fully saturated rings. The van der Waals surface area contributed by atoms with Gasteiger partial charge in [0, 0.05) is 0 Å². The van der Waals surface area contributed by atoms with Gasteiger partial charge in [0.05, 0.1) is 7.05 Å². The summed E-state index contributed by atoms with van der Waals surface area (Å²) in [6.07, 6.45) is 5.33. The van der Waals surface area contributed by atoms with E-state index in [1.165, 1.54) is 11.8 Å². The van der Waals surface area contributed by atoms with Gasteiger partial charge in [-0.1, -0.05) is 35.5 Å². The van der Waals surface area contributed by atoms with Crippen LogP contribution in [0, 0.1) is 0 Å². The van der Waals surface area contributed by atoms with Gasteiger partial charge in [-0.2, -0.15) is 0 Å². The minimum Gasteiger partial charge on any atom is -0.411 e. The molecule has 0 saturated carbocycles. The molecule has 2 aromatic rings. The third-order valence-corrected chi connectivity index (χ3v) is 2.49. The number of nitrogens with zero attached hydrogens (tertiary/aromatic N) is 3. The maximum absolute atomic E-state index is 8.60. The summed E-state index contributed by atoms with van der Waals surface area (Å²) in [7, 11) is 1.92. The van der Waals surface area contributed by atoms with E-state index in [0.717, 1.165) is 12.4 Å². The van der Waals surface area contributed by atoms with Crippen LogP contribution in [-0.2, 0) is 13.6 Å². The van der Waals surface area contributed by atoms with Gasteiger partial charge in [-0.3, -0.25) is 0 Å². The molecule has 0 bridgehead atoms. The summed E-state index contributed by atoms with van der Waals surface area (Å²) < 4.78 is 3.93. The Labute approximate surface area is 94.1 Å². The molecule has 0 saturated heterocycles. The molecule has 2 rings (SSSR count). The summed E-state index contributed by atoms with van der Waals surface area (Å²) in [5, 5.41) is 11.7. The SMILES string of the molecule is C[n+]1ccn(Cc2ccccc2)c1/C=N/O. The summed E-state index contributed by atoms with van der Waals surface area (Å²) in [5.74, 6) is 0.853. The van der Waals surface area contributed by atoms with Crippen LogP contribution in [0.1, 0.15) is 11.4 Å². The fourth-order valence-electron chi connectivity index (χ4n) is 1.67. The quantitative estimate of drug-likeness (QED) is 0.356. The Hall–Kier alpha value is -2.10. The zero-order chi connectivity index (χ0) is 11.4. The van der Waals surface area contributed by atoms with Crippen LogP contribution in [-0.4, -0.2) is 16.0 Å². The van der Waals surface area contributed by atoms with E-state index in [0.29, 0.717) is 0 Å². The average molecular weight is 216 g/mol. The lowest BCUT2D eigenvalue weighted by atomic mass is 10.2. The van der Waals surface area contributed by atoms with Crippen molar-refractivity contribution in [3.05, 3.63) is 54.1 Å². The topological polar surface area (TPSA) is 41.4 Å². The van der Waals surface area contributed by atoms with Gasteiger partial charge in [-0.25, -0.2) is 9.13 Å². The molecule has 0 unspecified atom stereocenters. The Morgan fingerprint density at radius 2 is 2.12 bits per heavy atom. The van der Waals surface area contributed by atoms with Crippen molar-refractivity contribution in [3.8, 4) is 0 Å². The highest BCUT2D eigenvalue weighted by atomic mass is 16.4. The highest BCUT2D eigenvalue weighted by Gasteiger charge is 2.12. The van der Waals surface area contributed by atoms with Crippen LogP contribution in [0.25, 0.3) is 0 Å². The van der Waals surface area contributed by atoms with E-state index in [2.05, 4.69) is 17.3 Å². The molecule has 4 nitrogen and oxygen atoms in total. The third kappa shape index (κ3) is 2.11. The molecule has 0 atom stereocenters. The van der Waals surface area contributed by atoms with Crippen molar-refractivity contribution in [3.63, 3.8) is 0 Å². The highest BCUT2D eigenvalue weighted by Crippen LogP contribution is 2.03. The zero-order valence-corrected chi connectivity index (χ0v) is 9.11. The van der Waals surface area contributed by atoms with Crippen molar-refractivity contribution in [2.45, 2.75) is 6.54 Å². The Balaban J connectivity index is 2.28. The highest BCUT2D eigenvalue weighted by molar-refractivity contribution is 5.72. The molecule has 4 heteroatoms. The van der Waals surface area contributed by atoms with Crippen LogP contribution >= 0.6 is 0 Å². The van der Waals surface area contributed by atoms with Crippen LogP contribution in [0.15, 0.2) is 47.9 Å². The minimum absolute atomic E-state index is 0.767. The van der Waals surface area contributed by atoms with E-state index in [4.69, 9.17) is 5.21 Å². The molecule has 1 aromatic heterocycles. The number of aromatic nitrogens is 2. The Kier molecular flexibility index (Phi) is 3.00. The predicted molar refractivity (Wildman–Crippen MR) is 60.5 cm³/mol. The molecule has 1 aromatic carbocycles. The number of imidazole rings is 1. The molecule has 0 spiro atoms. The molecule has 0 aliphatic carbocycles. The molecule has 0 amide bonds. The summed E-state index contributed by atoms with van der Waals surface area (Å²) in [6.45, 7) is 0.767. The normalized spacial score (nSPS) is 11.1. The van der Waals surface area contributed by atoms with Gasteiger partial charge < -0.3 is 5.21 Å². The van der Waals surface area contributed by atoms with Crippen molar-refractivity contribution in [2.75, 3.05) is 0 Å². The van der Waals surface area contributed by atoms with Crippen molar-refractivity contribution in [1.82, 2.24) is 4.57 Å². The van der Waals surface area contributed by atoms with Crippen molar-refractivity contribution >= 4 is 6.21 Å². The Morgan fingerprint density at radius 3 is 2.81 bits per heavy atom. The number of hydrogen-bond donors (Lipinski definition) is 1. The van der Waals surface area contributed by atoms with Crippen LogP contribution in [0.5, 0.6) is 0 Å². The molecule has 16 heavy (non-hydrogen) atoms. The minimum atomic E-state index is 0.767. The maximum atomic E-state index is 8.60. The first-order valence-electron chi connectivity index (χ1n) is 5.07. The number of oxime groups is 1. The van der Waals surface area contributed by atoms with E-state index in [-0.39, 0.29) is 0 Å². The first-order valence-corrected chi connectivity index (χ1v) is 5.07. The second-order valence-electron chi connectivity index (χ2n) is 3.63. The predicted octanol–water partition coefficient (Wildman–Crippen LogP) is 1.17. The largest absolute Gasteiger partial charge is 0.411 e. The molecule has 0 aliphatic heterocycles. The summed E-state index contributed by atoms with van der Waals surface area (Å²) in [6, 6.07) is 10.2. The first kappa shape index (κ1) is 10.4. The first-order chi connectivity index (χ1) is 7.81. The standard InChI is InChI=1S/C12H13N3O/c1-14-7-8-15(12(14)9-13-16)10-11-5-3-2-4-6-11/h2-9H,10H2,1H3/p+1. The number of benzene rings is 1. The molecule has 82 valence electrons. The molecule has 1 heterocycles. The van der Waals surface area contributed by atoms with Gasteiger partial charge in [0.1, 0.15) is 18.9 Å². The molecular weight excluding hydrogens is 202 g/mol. The molecule has 1 N–H and O–H groups in total. The number of rotatable bonds is 3. The van der Waals surface area contributed by atoms with Crippen LogP contribution in [0.2, 0.25) is 0 Å². The van der Waals surface area contributed by atoms with Crippen molar-refractivity contribution < 1.29 is 9.77 Å². The second kappa shape index (κ2) is 4.61. The monoisotopic (exact) mass is 216 g/mol. The van der Waals surface area contributed by atoms with Crippen LogP contribution in [0.3, 0.4) is 0 Å². The van der Waals surface area contributed by atoms with Crippen LogP contribution in [0.4, 0.5) is 0 Å². The van der Waals surface area contributed by atoms with Crippen molar-refractivity contribution in [2.24, 2.45) is 12.2 Å². The fourth-order valence-corrected chi connectivity index (χ4v) is 1.67. The maximum Gasteiger partial charge on any atom is 0.303 e. The third-order valence-electron chi connectivity index (χ3n) is 2.49. The van der Waals surface area contributed by atoms with E-state index < -0.39 is 0 Å². The van der Waals surface area contributed by atoms with E-state index in [1.807, 2.05) is 46.8 Å². The van der Waals surface area contributed by atoms with Gasteiger partial charge in [0.15, 0.2) is 6.21 Å². The van der Waals surface area contributed by atoms with Crippen molar-refractivity contribution in [1.29, 1.82) is 0 Å². The van der Waals surface area contributed by atoms with Gasteiger partial charge in [0.25, 0.3) is 0 Å². The summed E-state index contributed by atoms with van der Waals surface area (Å²) in [5.41, 5.74) is 1.21. The fraction of sp³-hybridized carbons (Fsp3) is 0.167. The van der Waals surface area contributed by atoms with Gasteiger partial charge in [-0.05, 0) is 5.56 Å². The second-order valence-corrected chi connectivity index (χ2v) is 3.63. The van der Waals surface area contributed by atoms with Gasteiger partial charge in [-0.15, -0.1) is 0 Å². The number of aryl methyl sites for hydroxylation is 1. The van der Waals surface area contributed by atoms with E-state index in [9.17, 15) is 0 Å². The van der Waals surface area contributed by atoms with E-state index in [1.54, 1.807) is 0 Å².